The van der Waals surface area contributed by atoms with Crippen molar-refractivity contribution in [3.05, 3.63) is 51.7 Å². The lowest BCUT2D eigenvalue weighted by Gasteiger charge is -2.12. The summed E-state index contributed by atoms with van der Waals surface area (Å²) in [6.45, 7) is 3.21. The SMILES string of the molecule is Cc1ccsc1CNC[C@H](O)c1ccc(S(C)(=O)=O)cc1. The van der Waals surface area contributed by atoms with Crippen molar-refractivity contribution in [2.24, 2.45) is 0 Å². The van der Waals surface area contributed by atoms with Crippen molar-refractivity contribution < 1.29 is 13.5 Å². The molecule has 0 saturated carbocycles. The summed E-state index contributed by atoms with van der Waals surface area (Å²) in [5.74, 6) is 0. The molecular weight excluding hydrogens is 306 g/mol. The summed E-state index contributed by atoms with van der Waals surface area (Å²) in [4.78, 5) is 1.52. The molecule has 4 nitrogen and oxygen atoms in total. The summed E-state index contributed by atoms with van der Waals surface area (Å²) in [6, 6.07) is 8.43. The lowest BCUT2D eigenvalue weighted by molar-refractivity contribution is 0.174. The second-order valence-corrected chi connectivity index (χ2v) is 8.03. The van der Waals surface area contributed by atoms with Crippen molar-refractivity contribution in [1.82, 2.24) is 5.32 Å². The van der Waals surface area contributed by atoms with Crippen molar-refractivity contribution >= 4 is 21.2 Å². The summed E-state index contributed by atoms with van der Waals surface area (Å²) >= 11 is 1.69. The van der Waals surface area contributed by atoms with Gasteiger partial charge in [-0.15, -0.1) is 11.3 Å². The molecule has 0 aliphatic rings. The molecule has 1 atom stereocenters. The lowest BCUT2D eigenvalue weighted by Crippen LogP contribution is -2.21. The third-order valence-corrected chi connectivity index (χ3v) is 5.44. The highest BCUT2D eigenvalue weighted by Crippen LogP contribution is 2.17. The number of aryl methyl sites for hydroxylation is 1. The van der Waals surface area contributed by atoms with Crippen LogP contribution >= 0.6 is 11.3 Å². The Morgan fingerprint density at radius 3 is 2.43 bits per heavy atom. The third-order valence-electron chi connectivity index (χ3n) is 3.28. The number of benzene rings is 1. The molecular formula is C15H19NO3S2. The van der Waals surface area contributed by atoms with Gasteiger partial charge in [0.2, 0.25) is 0 Å². The molecule has 21 heavy (non-hydrogen) atoms. The Hall–Kier alpha value is -1.21. The Bertz CT molecular complexity index is 690. The van der Waals surface area contributed by atoms with E-state index >= 15 is 0 Å². The summed E-state index contributed by atoms with van der Waals surface area (Å²) in [7, 11) is -3.19. The van der Waals surface area contributed by atoms with Crippen LogP contribution in [0.4, 0.5) is 0 Å². The first-order chi connectivity index (χ1) is 9.88. The number of hydrogen-bond donors (Lipinski definition) is 2. The van der Waals surface area contributed by atoms with Gasteiger partial charge in [0.15, 0.2) is 9.84 Å². The molecule has 114 valence electrons. The normalized spacial score (nSPS) is 13.3. The first-order valence-electron chi connectivity index (χ1n) is 6.59. The van der Waals surface area contributed by atoms with E-state index in [0.29, 0.717) is 12.1 Å². The molecule has 1 aromatic heterocycles. The fraction of sp³-hybridized carbons (Fsp3) is 0.333. The molecule has 0 aliphatic heterocycles. The molecule has 2 N–H and O–H groups in total. The van der Waals surface area contributed by atoms with E-state index in [2.05, 4.69) is 18.3 Å². The van der Waals surface area contributed by atoms with E-state index in [9.17, 15) is 13.5 Å². The zero-order chi connectivity index (χ0) is 15.5. The Morgan fingerprint density at radius 2 is 1.90 bits per heavy atom. The van der Waals surface area contributed by atoms with Crippen LogP contribution in [0.5, 0.6) is 0 Å². The summed E-state index contributed by atoms with van der Waals surface area (Å²) < 4.78 is 22.8. The Morgan fingerprint density at radius 1 is 1.24 bits per heavy atom. The van der Waals surface area contributed by atoms with E-state index in [1.54, 1.807) is 23.5 Å². The van der Waals surface area contributed by atoms with Gasteiger partial charge in [-0.2, -0.15) is 0 Å². The maximum absolute atomic E-state index is 11.4. The predicted molar refractivity (Wildman–Crippen MR) is 85.3 cm³/mol. The molecule has 1 aromatic carbocycles. The van der Waals surface area contributed by atoms with Crippen LogP contribution in [-0.2, 0) is 16.4 Å². The van der Waals surface area contributed by atoms with Crippen LogP contribution in [0.15, 0.2) is 40.6 Å². The second kappa shape index (κ2) is 6.70. The van der Waals surface area contributed by atoms with Gasteiger partial charge in [0, 0.05) is 24.2 Å². The first kappa shape index (κ1) is 16.2. The molecule has 2 rings (SSSR count). The van der Waals surface area contributed by atoms with Gasteiger partial charge in [-0.05, 0) is 41.6 Å². The maximum Gasteiger partial charge on any atom is 0.175 e. The highest BCUT2D eigenvalue weighted by Gasteiger charge is 2.11. The van der Waals surface area contributed by atoms with Gasteiger partial charge in [0.05, 0.1) is 11.0 Å². The van der Waals surface area contributed by atoms with Gasteiger partial charge in [-0.1, -0.05) is 12.1 Å². The topological polar surface area (TPSA) is 66.4 Å². The predicted octanol–water partition coefficient (Wildman–Crippen LogP) is 2.28. The van der Waals surface area contributed by atoms with E-state index in [1.807, 2.05) is 5.38 Å². The third kappa shape index (κ3) is 4.38. The van der Waals surface area contributed by atoms with Gasteiger partial charge in [-0.3, -0.25) is 0 Å². The fourth-order valence-electron chi connectivity index (χ4n) is 1.96. The van der Waals surface area contributed by atoms with Crippen molar-refractivity contribution in [1.29, 1.82) is 0 Å². The zero-order valence-corrected chi connectivity index (χ0v) is 13.7. The van der Waals surface area contributed by atoms with Crippen molar-refractivity contribution in [2.45, 2.75) is 24.5 Å². The van der Waals surface area contributed by atoms with Gasteiger partial charge in [0.1, 0.15) is 0 Å². The fourth-order valence-corrected chi connectivity index (χ4v) is 3.47. The molecule has 1 heterocycles. The number of aliphatic hydroxyl groups is 1. The summed E-state index contributed by atoms with van der Waals surface area (Å²) in [5.41, 5.74) is 1.96. The lowest BCUT2D eigenvalue weighted by atomic mass is 10.1. The van der Waals surface area contributed by atoms with Crippen LogP contribution in [0.2, 0.25) is 0 Å². The first-order valence-corrected chi connectivity index (χ1v) is 9.37. The minimum absolute atomic E-state index is 0.264. The molecule has 0 spiro atoms. The zero-order valence-electron chi connectivity index (χ0n) is 12.0. The van der Waals surface area contributed by atoms with Gasteiger partial charge in [-0.25, -0.2) is 8.42 Å². The van der Waals surface area contributed by atoms with Gasteiger partial charge < -0.3 is 10.4 Å². The number of hydrogen-bond acceptors (Lipinski definition) is 5. The van der Waals surface area contributed by atoms with Gasteiger partial charge in [0.25, 0.3) is 0 Å². The molecule has 0 aliphatic carbocycles. The molecule has 0 unspecified atom stereocenters. The van der Waals surface area contributed by atoms with Crippen LogP contribution in [-0.4, -0.2) is 26.3 Å². The van der Waals surface area contributed by atoms with E-state index < -0.39 is 15.9 Å². The molecule has 0 saturated heterocycles. The van der Waals surface area contributed by atoms with Crippen molar-refractivity contribution in [3.8, 4) is 0 Å². The molecule has 0 bridgehead atoms. The highest BCUT2D eigenvalue weighted by atomic mass is 32.2. The van der Waals surface area contributed by atoms with E-state index in [-0.39, 0.29) is 4.90 Å². The Labute approximate surface area is 129 Å². The van der Waals surface area contributed by atoms with E-state index in [0.717, 1.165) is 6.54 Å². The molecule has 0 fully saturated rings. The summed E-state index contributed by atoms with van der Waals surface area (Å²) in [6.07, 6.45) is 0.516. The largest absolute Gasteiger partial charge is 0.387 e. The van der Waals surface area contributed by atoms with Crippen molar-refractivity contribution in [3.63, 3.8) is 0 Å². The minimum atomic E-state index is -3.19. The average Bonchev–Trinajstić information content (AvgIpc) is 2.83. The molecule has 0 amide bonds. The number of thiophene rings is 1. The van der Waals surface area contributed by atoms with Crippen LogP contribution in [0.3, 0.4) is 0 Å². The smallest absolute Gasteiger partial charge is 0.175 e. The Kier molecular flexibility index (Phi) is 5.16. The molecule has 0 radical (unpaired) electrons. The molecule has 6 heteroatoms. The minimum Gasteiger partial charge on any atom is -0.387 e. The number of rotatable bonds is 6. The van der Waals surface area contributed by atoms with Crippen molar-refractivity contribution in [2.75, 3.05) is 12.8 Å². The van der Waals surface area contributed by atoms with Crippen LogP contribution in [0.25, 0.3) is 0 Å². The number of nitrogens with one attached hydrogen (secondary N) is 1. The monoisotopic (exact) mass is 325 g/mol. The average molecular weight is 325 g/mol. The number of aliphatic hydroxyl groups excluding tert-OH is 1. The van der Waals surface area contributed by atoms with E-state index in [1.165, 1.54) is 28.8 Å². The van der Waals surface area contributed by atoms with E-state index in [4.69, 9.17) is 0 Å². The highest BCUT2D eigenvalue weighted by molar-refractivity contribution is 7.90. The van der Waals surface area contributed by atoms with Gasteiger partial charge >= 0.3 is 0 Å². The second-order valence-electron chi connectivity index (χ2n) is 5.01. The van der Waals surface area contributed by atoms with Crippen LogP contribution < -0.4 is 5.32 Å². The maximum atomic E-state index is 11.4. The molecule has 2 aromatic rings. The standard InChI is InChI=1S/C15H19NO3S2/c1-11-7-8-20-15(11)10-16-9-14(17)12-3-5-13(6-4-12)21(2,18)19/h3-8,14,16-17H,9-10H2,1-2H3/t14-/m0/s1. The quantitative estimate of drug-likeness (QED) is 0.855. The number of sulfone groups is 1. The summed E-state index contributed by atoms with van der Waals surface area (Å²) in [5, 5.41) is 15.4. The Balaban J connectivity index is 1.91. The van der Waals surface area contributed by atoms with Crippen LogP contribution in [0.1, 0.15) is 22.1 Å². The van der Waals surface area contributed by atoms with Crippen LogP contribution in [0, 0.1) is 6.92 Å².